The molecule has 5 heteroatoms. The fraction of sp³-hybridized carbons (Fsp3) is 0.500. The van der Waals surface area contributed by atoms with E-state index in [2.05, 4.69) is 30.8 Å². The average molecular weight is 244 g/mol. The Balaban J connectivity index is 2.21. The third kappa shape index (κ3) is 1.81. The molecule has 2 rings (SSSR count). The second-order valence-electron chi connectivity index (χ2n) is 3.08. The summed E-state index contributed by atoms with van der Waals surface area (Å²) in [5.41, 5.74) is 0. The molecular weight excluding hydrogens is 234 g/mol. The molecule has 0 saturated carbocycles. The summed E-state index contributed by atoms with van der Waals surface area (Å²) in [6.45, 7) is 1.52. The summed E-state index contributed by atoms with van der Waals surface area (Å²) in [7, 11) is 0. The molecule has 4 nitrogen and oxygen atoms in total. The first kappa shape index (κ1) is 8.90. The Hall–Kier alpha value is -0.680. The van der Waals surface area contributed by atoms with Gasteiger partial charge < -0.3 is 10.0 Å². The fourth-order valence-corrected chi connectivity index (χ4v) is 1.94. The monoisotopic (exact) mass is 243 g/mol. The van der Waals surface area contributed by atoms with Crippen molar-refractivity contribution in [1.82, 2.24) is 9.97 Å². The topological polar surface area (TPSA) is 49.2 Å². The highest BCUT2D eigenvalue weighted by atomic mass is 79.9. The van der Waals surface area contributed by atoms with Crippen LogP contribution in [0.3, 0.4) is 0 Å². The van der Waals surface area contributed by atoms with Crippen molar-refractivity contribution in [2.24, 2.45) is 0 Å². The van der Waals surface area contributed by atoms with E-state index < -0.39 is 0 Å². The normalized spacial score (nSPS) is 22.3. The molecule has 1 aromatic heterocycles. The van der Waals surface area contributed by atoms with E-state index in [0.29, 0.717) is 6.54 Å². The van der Waals surface area contributed by atoms with Crippen LogP contribution in [0.5, 0.6) is 0 Å². The van der Waals surface area contributed by atoms with Crippen LogP contribution < -0.4 is 4.90 Å². The lowest BCUT2D eigenvalue weighted by Gasteiger charge is -2.16. The van der Waals surface area contributed by atoms with E-state index in [1.54, 1.807) is 6.20 Å². The summed E-state index contributed by atoms with van der Waals surface area (Å²) in [6.07, 6.45) is 3.83. The van der Waals surface area contributed by atoms with Gasteiger partial charge in [0.1, 0.15) is 12.1 Å². The highest BCUT2D eigenvalue weighted by Gasteiger charge is 2.22. The van der Waals surface area contributed by atoms with E-state index in [9.17, 15) is 5.11 Å². The summed E-state index contributed by atoms with van der Waals surface area (Å²) >= 11 is 3.38. The van der Waals surface area contributed by atoms with E-state index in [4.69, 9.17) is 0 Å². The molecule has 0 amide bonds. The Labute approximate surface area is 84.7 Å². The van der Waals surface area contributed by atoms with Gasteiger partial charge in [-0.25, -0.2) is 9.97 Å². The number of aliphatic hydroxyl groups is 1. The summed E-state index contributed by atoms with van der Waals surface area (Å²) < 4.78 is 0.879. The SMILES string of the molecule is O[C@H]1CCN(c2ncncc2Br)C1. The van der Waals surface area contributed by atoms with Crippen molar-refractivity contribution in [3.8, 4) is 0 Å². The van der Waals surface area contributed by atoms with Crippen LogP contribution in [0.1, 0.15) is 6.42 Å². The highest BCUT2D eigenvalue weighted by molar-refractivity contribution is 9.10. The van der Waals surface area contributed by atoms with Crippen molar-refractivity contribution in [3.05, 3.63) is 17.0 Å². The van der Waals surface area contributed by atoms with Gasteiger partial charge in [-0.1, -0.05) is 0 Å². The van der Waals surface area contributed by atoms with Crippen molar-refractivity contribution < 1.29 is 5.11 Å². The number of hydrogen-bond acceptors (Lipinski definition) is 4. The molecule has 2 heterocycles. The lowest BCUT2D eigenvalue weighted by Crippen LogP contribution is -2.22. The Morgan fingerprint density at radius 3 is 3.08 bits per heavy atom. The van der Waals surface area contributed by atoms with Gasteiger partial charge in [0.2, 0.25) is 0 Å². The smallest absolute Gasteiger partial charge is 0.146 e. The molecule has 1 aliphatic heterocycles. The lowest BCUT2D eigenvalue weighted by atomic mass is 10.3. The first-order chi connectivity index (χ1) is 6.27. The molecule has 0 bridgehead atoms. The maximum absolute atomic E-state index is 9.35. The van der Waals surface area contributed by atoms with Gasteiger partial charge in [0.05, 0.1) is 10.6 Å². The van der Waals surface area contributed by atoms with Crippen molar-refractivity contribution >= 4 is 21.7 Å². The highest BCUT2D eigenvalue weighted by Crippen LogP contribution is 2.25. The quantitative estimate of drug-likeness (QED) is 0.794. The van der Waals surface area contributed by atoms with Crippen LogP contribution in [0.15, 0.2) is 17.0 Å². The van der Waals surface area contributed by atoms with Crippen LogP contribution in [0.2, 0.25) is 0 Å². The summed E-state index contributed by atoms with van der Waals surface area (Å²) in [4.78, 5) is 10.1. The summed E-state index contributed by atoms with van der Waals surface area (Å²) in [5, 5.41) is 9.35. The molecule has 1 atom stereocenters. The molecular formula is C8H10BrN3O. The van der Waals surface area contributed by atoms with Crippen LogP contribution in [-0.2, 0) is 0 Å². The van der Waals surface area contributed by atoms with Gasteiger partial charge >= 0.3 is 0 Å². The Morgan fingerprint density at radius 2 is 2.46 bits per heavy atom. The van der Waals surface area contributed by atoms with Gasteiger partial charge in [-0.05, 0) is 22.4 Å². The Morgan fingerprint density at radius 1 is 1.62 bits per heavy atom. The van der Waals surface area contributed by atoms with Gasteiger partial charge in [-0.2, -0.15) is 0 Å². The molecule has 1 fully saturated rings. The zero-order valence-corrected chi connectivity index (χ0v) is 8.61. The molecule has 1 aromatic rings. The van der Waals surface area contributed by atoms with Crippen LogP contribution in [0, 0.1) is 0 Å². The third-order valence-corrected chi connectivity index (χ3v) is 2.67. The molecule has 13 heavy (non-hydrogen) atoms. The zero-order chi connectivity index (χ0) is 9.26. The number of rotatable bonds is 1. The molecule has 0 spiro atoms. The molecule has 1 N–H and O–H groups in total. The van der Waals surface area contributed by atoms with E-state index in [1.807, 2.05) is 0 Å². The van der Waals surface area contributed by atoms with Crippen LogP contribution in [-0.4, -0.2) is 34.3 Å². The largest absolute Gasteiger partial charge is 0.391 e. The van der Waals surface area contributed by atoms with E-state index in [1.165, 1.54) is 6.33 Å². The van der Waals surface area contributed by atoms with Gasteiger partial charge in [-0.15, -0.1) is 0 Å². The maximum atomic E-state index is 9.35. The Kier molecular flexibility index (Phi) is 2.46. The number of aromatic nitrogens is 2. The number of β-amino-alcohol motifs (C(OH)–C–C–N with tert-alkyl or cyclic N) is 1. The van der Waals surface area contributed by atoms with Gasteiger partial charge in [0.25, 0.3) is 0 Å². The fourth-order valence-electron chi connectivity index (χ4n) is 1.47. The number of nitrogens with zero attached hydrogens (tertiary/aromatic N) is 3. The molecule has 1 aliphatic rings. The first-order valence-electron chi connectivity index (χ1n) is 4.16. The summed E-state index contributed by atoms with van der Waals surface area (Å²) in [5.74, 6) is 0.867. The van der Waals surface area contributed by atoms with E-state index in [-0.39, 0.29) is 6.10 Å². The molecule has 0 unspecified atom stereocenters. The molecule has 1 saturated heterocycles. The van der Waals surface area contributed by atoms with Gasteiger partial charge in [0, 0.05) is 19.3 Å². The number of aliphatic hydroxyl groups excluding tert-OH is 1. The third-order valence-electron chi connectivity index (χ3n) is 2.11. The number of hydrogen-bond donors (Lipinski definition) is 1. The van der Waals surface area contributed by atoms with Gasteiger partial charge in [-0.3, -0.25) is 0 Å². The lowest BCUT2D eigenvalue weighted by molar-refractivity contribution is 0.198. The predicted molar refractivity (Wildman–Crippen MR) is 52.6 cm³/mol. The Bertz CT molecular complexity index is 307. The average Bonchev–Trinajstić information content (AvgIpc) is 2.53. The zero-order valence-electron chi connectivity index (χ0n) is 7.02. The minimum atomic E-state index is -0.220. The number of anilines is 1. The molecule has 0 aromatic carbocycles. The second kappa shape index (κ2) is 3.59. The molecule has 0 aliphatic carbocycles. The standard InChI is InChI=1S/C8H10BrN3O/c9-7-3-10-5-11-8(7)12-2-1-6(13)4-12/h3,5-6,13H,1-2,4H2/t6-/m0/s1. The van der Waals surface area contributed by atoms with E-state index in [0.717, 1.165) is 23.3 Å². The second-order valence-corrected chi connectivity index (χ2v) is 3.94. The van der Waals surface area contributed by atoms with Crippen molar-refractivity contribution in [3.63, 3.8) is 0 Å². The van der Waals surface area contributed by atoms with E-state index >= 15 is 0 Å². The van der Waals surface area contributed by atoms with Crippen LogP contribution >= 0.6 is 15.9 Å². The van der Waals surface area contributed by atoms with Crippen molar-refractivity contribution in [2.75, 3.05) is 18.0 Å². The maximum Gasteiger partial charge on any atom is 0.146 e. The molecule has 70 valence electrons. The minimum Gasteiger partial charge on any atom is -0.391 e. The van der Waals surface area contributed by atoms with Crippen LogP contribution in [0.25, 0.3) is 0 Å². The van der Waals surface area contributed by atoms with Crippen molar-refractivity contribution in [1.29, 1.82) is 0 Å². The minimum absolute atomic E-state index is 0.220. The van der Waals surface area contributed by atoms with Gasteiger partial charge in [0.15, 0.2) is 0 Å². The van der Waals surface area contributed by atoms with Crippen molar-refractivity contribution in [2.45, 2.75) is 12.5 Å². The number of halogens is 1. The first-order valence-corrected chi connectivity index (χ1v) is 4.95. The molecule has 0 radical (unpaired) electrons. The predicted octanol–water partition coefficient (Wildman–Crippen LogP) is 0.810. The summed E-state index contributed by atoms with van der Waals surface area (Å²) in [6, 6.07) is 0. The van der Waals surface area contributed by atoms with Crippen LogP contribution in [0.4, 0.5) is 5.82 Å².